The molecule has 0 spiro atoms. The molecule has 0 bridgehead atoms. The Bertz CT molecular complexity index is 452. The maximum Gasteiger partial charge on any atom is 0.159 e. The van der Waals surface area contributed by atoms with E-state index in [4.69, 9.17) is 9.73 Å². The molecule has 0 radical (unpaired) electrons. The van der Waals surface area contributed by atoms with Gasteiger partial charge in [-0.15, -0.1) is 0 Å². The Morgan fingerprint density at radius 1 is 1.26 bits per heavy atom. The van der Waals surface area contributed by atoms with Crippen LogP contribution >= 0.6 is 11.8 Å². The van der Waals surface area contributed by atoms with Gasteiger partial charge in [-0.1, -0.05) is 41.6 Å². The molecule has 0 aliphatic carbocycles. The molecule has 3 rings (SSSR count). The van der Waals surface area contributed by atoms with Gasteiger partial charge in [0.15, 0.2) is 5.17 Å². The summed E-state index contributed by atoms with van der Waals surface area (Å²) in [7, 11) is 0. The first-order valence-corrected chi connectivity index (χ1v) is 7.78. The minimum Gasteiger partial charge on any atom is -0.378 e. The molecular formula is C15H20N2OS. The predicted molar refractivity (Wildman–Crippen MR) is 81.0 cm³/mol. The lowest BCUT2D eigenvalue weighted by Crippen LogP contribution is -2.39. The Morgan fingerprint density at radius 2 is 2.00 bits per heavy atom. The molecule has 4 heteroatoms. The lowest BCUT2D eigenvalue weighted by Gasteiger charge is -2.28. The van der Waals surface area contributed by atoms with E-state index in [1.165, 1.54) is 16.3 Å². The van der Waals surface area contributed by atoms with Crippen molar-refractivity contribution in [2.45, 2.75) is 18.6 Å². The average molecular weight is 276 g/mol. The molecule has 102 valence electrons. The first-order valence-electron chi connectivity index (χ1n) is 6.90. The van der Waals surface area contributed by atoms with Crippen LogP contribution < -0.4 is 0 Å². The molecule has 19 heavy (non-hydrogen) atoms. The third-order valence-corrected chi connectivity index (χ3v) is 4.82. The summed E-state index contributed by atoms with van der Waals surface area (Å²) in [6, 6.07) is 8.86. The van der Waals surface area contributed by atoms with Crippen molar-refractivity contribution in [2.75, 3.05) is 32.8 Å². The van der Waals surface area contributed by atoms with Crippen LogP contribution in [0, 0.1) is 6.92 Å². The van der Waals surface area contributed by atoms with Gasteiger partial charge in [-0.2, -0.15) is 0 Å². The van der Waals surface area contributed by atoms with Crippen molar-refractivity contribution in [1.82, 2.24) is 4.90 Å². The van der Waals surface area contributed by atoms with E-state index in [0.717, 1.165) is 39.3 Å². The first kappa shape index (κ1) is 13.0. The van der Waals surface area contributed by atoms with Crippen molar-refractivity contribution in [3.63, 3.8) is 0 Å². The summed E-state index contributed by atoms with van der Waals surface area (Å²) in [4.78, 5) is 7.07. The molecule has 2 aliphatic rings. The normalized spacial score (nSPS) is 23.5. The van der Waals surface area contributed by atoms with Crippen LogP contribution in [0.1, 0.15) is 11.1 Å². The summed E-state index contributed by atoms with van der Waals surface area (Å²) in [5.74, 6) is 0. The van der Waals surface area contributed by atoms with Crippen LogP contribution in [-0.2, 0) is 11.2 Å². The molecule has 0 amide bonds. The van der Waals surface area contributed by atoms with Crippen LogP contribution in [0.3, 0.4) is 0 Å². The molecule has 1 aromatic carbocycles. The number of ether oxygens (including phenoxy) is 1. The summed E-state index contributed by atoms with van der Waals surface area (Å²) in [5, 5.41) is 1.82. The van der Waals surface area contributed by atoms with E-state index in [-0.39, 0.29) is 0 Å². The van der Waals surface area contributed by atoms with Crippen LogP contribution in [0.2, 0.25) is 0 Å². The zero-order valence-corrected chi connectivity index (χ0v) is 12.2. The second-order valence-corrected chi connectivity index (χ2v) is 6.42. The topological polar surface area (TPSA) is 24.8 Å². The van der Waals surface area contributed by atoms with Crippen LogP contribution in [0.25, 0.3) is 0 Å². The van der Waals surface area contributed by atoms with Crippen molar-refractivity contribution >= 4 is 16.9 Å². The van der Waals surface area contributed by atoms with Gasteiger partial charge in [0.05, 0.1) is 19.8 Å². The maximum absolute atomic E-state index is 5.39. The van der Waals surface area contributed by atoms with Crippen LogP contribution in [-0.4, -0.2) is 48.2 Å². The Kier molecular flexibility index (Phi) is 4.09. The van der Waals surface area contributed by atoms with E-state index in [1.807, 2.05) is 11.8 Å². The van der Waals surface area contributed by atoms with E-state index in [1.54, 1.807) is 0 Å². The molecular weight excluding hydrogens is 256 g/mol. The molecule has 1 atom stereocenters. The van der Waals surface area contributed by atoms with Crippen molar-refractivity contribution < 1.29 is 4.74 Å². The number of aliphatic imine (C=N–C) groups is 1. The van der Waals surface area contributed by atoms with Crippen molar-refractivity contribution in [3.8, 4) is 0 Å². The minimum absolute atomic E-state index is 0.598. The fourth-order valence-corrected chi connectivity index (χ4v) is 3.63. The van der Waals surface area contributed by atoms with Gasteiger partial charge < -0.3 is 9.64 Å². The number of rotatable bonds is 2. The average Bonchev–Trinajstić information content (AvgIpc) is 2.91. The second kappa shape index (κ2) is 5.97. The molecule has 1 aromatic rings. The molecule has 0 N–H and O–H groups in total. The fourth-order valence-electron chi connectivity index (χ4n) is 2.43. The lowest BCUT2D eigenvalue weighted by molar-refractivity contribution is 0.0693. The number of amidine groups is 1. The quantitative estimate of drug-likeness (QED) is 0.829. The number of aryl methyl sites for hydroxylation is 1. The third kappa shape index (κ3) is 3.31. The van der Waals surface area contributed by atoms with Gasteiger partial charge in [0.25, 0.3) is 0 Å². The number of benzene rings is 1. The largest absolute Gasteiger partial charge is 0.378 e. The smallest absolute Gasteiger partial charge is 0.159 e. The van der Waals surface area contributed by atoms with Gasteiger partial charge in [0.2, 0.25) is 0 Å². The highest BCUT2D eigenvalue weighted by Crippen LogP contribution is 2.26. The summed E-state index contributed by atoms with van der Waals surface area (Å²) in [6.45, 7) is 6.73. The van der Waals surface area contributed by atoms with Crippen molar-refractivity contribution in [3.05, 3.63) is 35.4 Å². The number of hydrogen-bond acceptors (Lipinski definition) is 4. The van der Waals surface area contributed by atoms with E-state index < -0.39 is 0 Å². The molecule has 0 saturated carbocycles. The van der Waals surface area contributed by atoms with Crippen molar-refractivity contribution in [2.24, 2.45) is 4.99 Å². The molecule has 1 unspecified atom stereocenters. The molecule has 1 saturated heterocycles. The molecule has 2 heterocycles. The van der Waals surface area contributed by atoms with E-state index in [2.05, 4.69) is 36.1 Å². The summed E-state index contributed by atoms with van der Waals surface area (Å²) < 4.78 is 5.39. The second-order valence-electron chi connectivity index (χ2n) is 5.15. The monoisotopic (exact) mass is 276 g/mol. The van der Waals surface area contributed by atoms with E-state index >= 15 is 0 Å². The Labute approximate surface area is 119 Å². The Balaban J connectivity index is 1.54. The molecule has 0 aromatic heterocycles. The van der Waals surface area contributed by atoms with Crippen LogP contribution in [0.4, 0.5) is 0 Å². The molecule has 2 aliphatic heterocycles. The third-order valence-electron chi connectivity index (χ3n) is 3.57. The minimum atomic E-state index is 0.598. The maximum atomic E-state index is 5.39. The molecule has 1 fully saturated rings. The highest BCUT2D eigenvalue weighted by molar-refractivity contribution is 8.14. The highest BCUT2D eigenvalue weighted by Gasteiger charge is 2.25. The summed E-state index contributed by atoms with van der Waals surface area (Å²) in [6.07, 6.45) is 1.11. The molecule has 3 nitrogen and oxygen atoms in total. The summed E-state index contributed by atoms with van der Waals surface area (Å²) >= 11 is 1.94. The zero-order valence-electron chi connectivity index (χ0n) is 11.3. The SMILES string of the molecule is Cc1ccc(CC2CN=C(N3CCOCC3)S2)cc1. The van der Waals surface area contributed by atoms with Crippen LogP contribution in [0.5, 0.6) is 0 Å². The first-order chi connectivity index (χ1) is 9.31. The van der Waals surface area contributed by atoms with Gasteiger partial charge in [-0.25, -0.2) is 0 Å². The van der Waals surface area contributed by atoms with Gasteiger partial charge in [0, 0.05) is 18.3 Å². The van der Waals surface area contributed by atoms with Crippen LogP contribution in [0.15, 0.2) is 29.3 Å². The Morgan fingerprint density at radius 3 is 2.74 bits per heavy atom. The van der Waals surface area contributed by atoms with Gasteiger partial charge in [0.1, 0.15) is 0 Å². The number of morpholine rings is 1. The van der Waals surface area contributed by atoms with Gasteiger partial charge in [-0.05, 0) is 18.9 Å². The van der Waals surface area contributed by atoms with Crippen molar-refractivity contribution in [1.29, 1.82) is 0 Å². The fraction of sp³-hybridized carbons (Fsp3) is 0.533. The van der Waals surface area contributed by atoms with Gasteiger partial charge in [-0.3, -0.25) is 4.99 Å². The zero-order chi connectivity index (χ0) is 13.1. The predicted octanol–water partition coefficient (Wildman–Crippen LogP) is 2.34. The van der Waals surface area contributed by atoms with E-state index in [0.29, 0.717) is 5.25 Å². The van der Waals surface area contributed by atoms with Gasteiger partial charge >= 0.3 is 0 Å². The number of hydrogen-bond donors (Lipinski definition) is 0. The Hall–Kier alpha value is -1.00. The van der Waals surface area contributed by atoms with E-state index in [9.17, 15) is 0 Å². The lowest BCUT2D eigenvalue weighted by atomic mass is 10.1. The standard InChI is InChI=1S/C15H20N2OS/c1-12-2-4-13(5-3-12)10-14-11-16-15(19-14)17-6-8-18-9-7-17/h2-5,14H,6-11H2,1H3. The summed E-state index contributed by atoms with van der Waals surface area (Å²) in [5.41, 5.74) is 2.75. The number of nitrogens with zero attached hydrogens (tertiary/aromatic N) is 2. The number of thioether (sulfide) groups is 1. The highest BCUT2D eigenvalue weighted by atomic mass is 32.2.